The lowest BCUT2D eigenvalue weighted by Crippen LogP contribution is -2.39. The lowest BCUT2D eigenvalue weighted by molar-refractivity contribution is 0.219. The summed E-state index contributed by atoms with van der Waals surface area (Å²) in [5.41, 5.74) is 0.130. The van der Waals surface area contributed by atoms with E-state index in [-0.39, 0.29) is 11.2 Å². The van der Waals surface area contributed by atoms with Gasteiger partial charge in [-0.2, -0.15) is 0 Å². The van der Waals surface area contributed by atoms with Crippen molar-refractivity contribution in [1.29, 1.82) is 0 Å². The first-order valence-corrected chi connectivity index (χ1v) is 11.1. The molecule has 0 radical (unpaired) electrons. The molecule has 152 valence electrons. The first kappa shape index (κ1) is 21.6. The van der Waals surface area contributed by atoms with Crippen LogP contribution in [-0.2, 0) is 33.7 Å². The molecule has 9 nitrogen and oxygen atoms in total. The number of rotatable bonds is 11. The number of fused-ring (bicyclic) bond motifs is 1. The number of aromatic nitrogens is 4. The highest BCUT2D eigenvalue weighted by molar-refractivity contribution is 7.53. The van der Waals surface area contributed by atoms with Gasteiger partial charge in [0.2, 0.25) is 0 Å². The van der Waals surface area contributed by atoms with Crippen LogP contribution in [0.3, 0.4) is 0 Å². The number of aryl methyl sites for hydroxylation is 2. The van der Waals surface area contributed by atoms with Gasteiger partial charge >= 0.3 is 13.3 Å². The minimum Gasteiger partial charge on any atom is -0.325 e. The Labute approximate surface area is 158 Å². The maximum absolute atomic E-state index is 12.7. The topological polar surface area (TPSA) is 97.3 Å². The maximum atomic E-state index is 12.7. The van der Waals surface area contributed by atoms with Gasteiger partial charge in [-0.15, -0.1) is 0 Å². The molecule has 2 aromatic rings. The van der Waals surface area contributed by atoms with Crippen molar-refractivity contribution in [2.24, 2.45) is 7.05 Å². The number of hydrogen-bond donors (Lipinski definition) is 0. The minimum absolute atomic E-state index is 0.318. The molecule has 0 unspecified atom stereocenters. The van der Waals surface area contributed by atoms with E-state index in [0.717, 1.165) is 0 Å². The summed E-state index contributed by atoms with van der Waals surface area (Å²) in [5, 5.41) is 0. The van der Waals surface area contributed by atoms with Gasteiger partial charge in [-0.25, -0.2) is 9.78 Å². The van der Waals surface area contributed by atoms with Crippen molar-refractivity contribution < 1.29 is 13.6 Å². The van der Waals surface area contributed by atoms with Gasteiger partial charge in [0.15, 0.2) is 11.2 Å². The summed E-state index contributed by atoms with van der Waals surface area (Å²) >= 11 is 0. The van der Waals surface area contributed by atoms with Gasteiger partial charge in [0.1, 0.15) is 0 Å². The van der Waals surface area contributed by atoms with E-state index in [9.17, 15) is 14.2 Å². The first-order valence-electron chi connectivity index (χ1n) is 9.41. The summed E-state index contributed by atoms with van der Waals surface area (Å²) in [6, 6.07) is 0. The van der Waals surface area contributed by atoms with Gasteiger partial charge in [0.25, 0.3) is 5.56 Å². The first-order chi connectivity index (χ1) is 12.9. The fourth-order valence-corrected chi connectivity index (χ4v) is 4.79. The molecule has 0 fully saturated rings. The molecule has 0 aromatic carbocycles. The second-order valence-corrected chi connectivity index (χ2v) is 8.47. The molecule has 0 atom stereocenters. The molecular weight excluding hydrogens is 371 g/mol. The van der Waals surface area contributed by atoms with Crippen LogP contribution < -0.4 is 11.2 Å². The molecule has 27 heavy (non-hydrogen) atoms. The van der Waals surface area contributed by atoms with Crippen molar-refractivity contribution in [1.82, 2.24) is 18.7 Å². The van der Waals surface area contributed by atoms with Crippen LogP contribution in [0, 0.1) is 0 Å². The van der Waals surface area contributed by atoms with E-state index in [1.54, 1.807) is 31.8 Å². The SMILES string of the molecule is CCCn1c(=O)c2c(ncn2CCCCP(=O)(OCC)OCC)n(C)c1=O. The Morgan fingerprint density at radius 3 is 2.33 bits per heavy atom. The van der Waals surface area contributed by atoms with Gasteiger partial charge in [0.05, 0.1) is 25.7 Å². The zero-order valence-corrected chi connectivity index (χ0v) is 17.4. The summed E-state index contributed by atoms with van der Waals surface area (Å²) in [5.74, 6) is 0. The number of hydrogen-bond acceptors (Lipinski definition) is 6. The normalized spacial score (nSPS) is 12.1. The molecular formula is C17H29N4O5P. The Hall–Kier alpha value is -1.70. The van der Waals surface area contributed by atoms with E-state index >= 15 is 0 Å². The molecule has 0 spiro atoms. The maximum Gasteiger partial charge on any atom is 0.332 e. The Kier molecular flexibility index (Phi) is 7.59. The van der Waals surface area contributed by atoms with Gasteiger partial charge in [0, 0.05) is 20.1 Å². The molecule has 0 N–H and O–H groups in total. The van der Waals surface area contributed by atoms with Gasteiger partial charge in [-0.3, -0.25) is 18.5 Å². The zero-order chi connectivity index (χ0) is 20.0. The zero-order valence-electron chi connectivity index (χ0n) is 16.5. The summed E-state index contributed by atoms with van der Waals surface area (Å²) < 4.78 is 27.5. The largest absolute Gasteiger partial charge is 0.332 e. The van der Waals surface area contributed by atoms with Crippen molar-refractivity contribution in [3.05, 3.63) is 27.2 Å². The molecule has 2 rings (SSSR count). The van der Waals surface area contributed by atoms with Gasteiger partial charge in [-0.1, -0.05) is 6.92 Å². The van der Waals surface area contributed by atoms with E-state index in [4.69, 9.17) is 9.05 Å². The lowest BCUT2D eigenvalue weighted by atomic mass is 10.3. The smallest absolute Gasteiger partial charge is 0.325 e. The van der Waals surface area contributed by atoms with Crippen molar-refractivity contribution in [2.45, 2.75) is 53.1 Å². The highest BCUT2D eigenvalue weighted by Crippen LogP contribution is 2.48. The van der Waals surface area contributed by atoms with Gasteiger partial charge in [-0.05, 0) is 33.1 Å². The van der Waals surface area contributed by atoms with Crippen molar-refractivity contribution in [3.63, 3.8) is 0 Å². The number of imidazole rings is 1. The molecule has 0 aliphatic rings. The monoisotopic (exact) mass is 400 g/mol. The third kappa shape index (κ3) is 4.78. The van der Waals surface area contributed by atoms with Crippen LogP contribution in [0.15, 0.2) is 15.9 Å². The van der Waals surface area contributed by atoms with E-state index in [0.29, 0.717) is 62.9 Å². The molecule has 10 heteroatoms. The molecule has 2 heterocycles. The van der Waals surface area contributed by atoms with Crippen LogP contribution >= 0.6 is 7.60 Å². The predicted octanol–water partition coefficient (Wildman–Crippen LogP) is 2.35. The summed E-state index contributed by atoms with van der Waals surface area (Å²) in [6.07, 6.45) is 3.92. The average Bonchev–Trinajstić information content (AvgIpc) is 3.05. The molecule has 0 aliphatic carbocycles. The molecule has 0 amide bonds. The fraction of sp³-hybridized carbons (Fsp3) is 0.706. The molecule has 0 saturated heterocycles. The standard InChI is InChI=1S/C17H29N4O5P/c1-5-10-21-16(22)14-15(19(4)17(21)23)18-13-20(14)11-8-9-12-27(24,25-6-2)26-7-3/h13H,5-12H2,1-4H3. The van der Waals surface area contributed by atoms with Crippen LogP contribution in [0.2, 0.25) is 0 Å². The van der Waals surface area contributed by atoms with Crippen molar-refractivity contribution in [3.8, 4) is 0 Å². The Balaban J connectivity index is 2.17. The van der Waals surface area contributed by atoms with Crippen molar-refractivity contribution >= 4 is 18.8 Å². The molecule has 0 aliphatic heterocycles. The van der Waals surface area contributed by atoms with Crippen molar-refractivity contribution in [2.75, 3.05) is 19.4 Å². The van der Waals surface area contributed by atoms with Crippen LogP contribution in [0.4, 0.5) is 0 Å². The van der Waals surface area contributed by atoms with E-state index in [1.165, 1.54) is 9.13 Å². The van der Waals surface area contributed by atoms with Gasteiger partial charge < -0.3 is 13.6 Å². The Morgan fingerprint density at radius 2 is 1.74 bits per heavy atom. The lowest BCUT2D eigenvalue weighted by Gasteiger charge is -2.16. The molecule has 0 bridgehead atoms. The fourth-order valence-electron chi connectivity index (χ4n) is 3.06. The molecule has 0 saturated carbocycles. The Morgan fingerprint density at radius 1 is 1.07 bits per heavy atom. The second-order valence-electron chi connectivity index (χ2n) is 6.29. The number of unbranched alkanes of at least 4 members (excludes halogenated alkanes) is 1. The summed E-state index contributed by atoms with van der Waals surface area (Å²) in [7, 11) is -1.43. The minimum atomic E-state index is -3.05. The highest BCUT2D eigenvalue weighted by atomic mass is 31.2. The molecule has 2 aromatic heterocycles. The summed E-state index contributed by atoms with van der Waals surface area (Å²) in [4.78, 5) is 29.3. The van der Waals surface area contributed by atoms with E-state index < -0.39 is 7.60 Å². The van der Waals surface area contributed by atoms with E-state index in [1.807, 2.05) is 6.92 Å². The highest BCUT2D eigenvalue weighted by Gasteiger charge is 2.22. The second kappa shape index (κ2) is 9.48. The Bertz CT molecular complexity index is 920. The van der Waals surface area contributed by atoms with Crippen LogP contribution in [0.5, 0.6) is 0 Å². The quantitative estimate of drug-likeness (QED) is 0.424. The predicted molar refractivity (Wildman–Crippen MR) is 104 cm³/mol. The van der Waals surface area contributed by atoms with Crippen LogP contribution in [-0.4, -0.2) is 38.1 Å². The third-order valence-electron chi connectivity index (χ3n) is 4.28. The van der Waals surface area contributed by atoms with Crippen LogP contribution in [0.25, 0.3) is 11.2 Å². The third-order valence-corrected chi connectivity index (χ3v) is 6.45. The average molecular weight is 400 g/mol. The number of nitrogens with zero attached hydrogens (tertiary/aromatic N) is 4. The summed E-state index contributed by atoms with van der Waals surface area (Å²) in [6.45, 7) is 7.09. The van der Waals surface area contributed by atoms with E-state index in [2.05, 4.69) is 4.98 Å². The van der Waals surface area contributed by atoms with Crippen LogP contribution in [0.1, 0.15) is 40.0 Å².